The summed E-state index contributed by atoms with van der Waals surface area (Å²) < 4.78 is 10.8. The van der Waals surface area contributed by atoms with Gasteiger partial charge in [0.05, 0.1) is 18.3 Å². The van der Waals surface area contributed by atoms with Crippen LogP contribution in [0, 0.1) is 0 Å². The SMILES string of the molecule is COC(=O)C(C)(N)CCN1CC(C)(C)OC(C)(C)C1. The van der Waals surface area contributed by atoms with Gasteiger partial charge < -0.3 is 15.2 Å². The van der Waals surface area contributed by atoms with Gasteiger partial charge in [0.1, 0.15) is 5.54 Å². The molecule has 0 aliphatic carbocycles. The van der Waals surface area contributed by atoms with Gasteiger partial charge in [-0.25, -0.2) is 0 Å². The Kier molecular flexibility index (Phi) is 4.65. The third-order valence-electron chi connectivity index (χ3n) is 3.36. The smallest absolute Gasteiger partial charge is 0.325 e. The largest absolute Gasteiger partial charge is 0.468 e. The molecule has 5 heteroatoms. The van der Waals surface area contributed by atoms with Gasteiger partial charge in [-0.15, -0.1) is 0 Å². The minimum Gasteiger partial charge on any atom is -0.468 e. The van der Waals surface area contributed by atoms with Crippen molar-refractivity contribution in [1.82, 2.24) is 4.90 Å². The first-order valence-electron chi connectivity index (χ1n) is 6.77. The maximum atomic E-state index is 11.6. The molecule has 0 radical (unpaired) electrons. The highest BCUT2D eigenvalue weighted by molar-refractivity contribution is 5.79. The highest BCUT2D eigenvalue weighted by atomic mass is 16.5. The number of methoxy groups -OCH3 is 1. The van der Waals surface area contributed by atoms with Crippen LogP contribution >= 0.6 is 0 Å². The number of rotatable bonds is 4. The molecule has 0 saturated carbocycles. The highest BCUT2D eigenvalue weighted by Crippen LogP contribution is 2.28. The van der Waals surface area contributed by atoms with Crippen molar-refractivity contribution < 1.29 is 14.3 Å². The predicted octanol–water partition coefficient (Wildman–Crippen LogP) is 1.16. The fourth-order valence-electron chi connectivity index (χ4n) is 2.83. The van der Waals surface area contributed by atoms with Crippen molar-refractivity contribution in [3.05, 3.63) is 0 Å². The van der Waals surface area contributed by atoms with Gasteiger partial charge in [-0.05, 0) is 41.0 Å². The van der Waals surface area contributed by atoms with Gasteiger partial charge in [0, 0.05) is 19.6 Å². The number of ether oxygens (including phenoxy) is 2. The van der Waals surface area contributed by atoms with Crippen LogP contribution in [-0.2, 0) is 14.3 Å². The zero-order chi connectivity index (χ0) is 14.9. The van der Waals surface area contributed by atoms with E-state index >= 15 is 0 Å². The standard InChI is InChI=1S/C14H28N2O3/c1-12(2)9-16(10-13(3,4)19-12)8-7-14(5,15)11(17)18-6/h7-10,15H2,1-6H3. The number of esters is 1. The normalized spacial score (nSPS) is 25.6. The lowest BCUT2D eigenvalue weighted by molar-refractivity contribution is -0.181. The highest BCUT2D eigenvalue weighted by Gasteiger charge is 2.39. The van der Waals surface area contributed by atoms with E-state index in [9.17, 15) is 4.79 Å². The Morgan fingerprint density at radius 2 is 1.79 bits per heavy atom. The molecule has 1 unspecified atom stereocenters. The van der Waals surface area contributed by atoms with Crippen molar-refractivity contribution in [2.45, 2.75) is 57.8 Å². The number of nitrogens with zero attached hydrogens (tertiary/aromatic N) is 1. The van der Waals surface area contributed by atoms with E-state index in [1.807, 2.05) is 0 Å². The van der Waals surface area contributed by atoms with Gasteiger partial charge in [-0.3, -0.25) is 9.69 Å². The Bertz CT molecular complexity index is 322. The summed E-state index contributed by atoms with van der Waals surface area (Å²) in [6.07, 6.45) is 0.575. The molecule has 0 aromatic heterocycles. The van der Waals surface area contributed by atoms with E-state index in [1.54, 1.807) is 6.92 Å². The summed E-state index contributed by atoms with van der Waals surface area (Å²) in [7, 11) is 1.37. The van der Waals surface area contributed by atoms with E-state index in [4.69, 9.17) is 15.2 Å². The quantitative estimate of drug-likeness (QED) is 0.778. The van der Waals surface area contributed by atoms with Crippen molar-refractivity contribution >= 4 is 5.97 Å². The zero-order valence-electron chi connectivity index (χ0n) is 13.1. The monoisotopic (exact) mass is 272 g/mol. The number of morpholine rings is 1. The number of carbonyl (C=O) groups excluding carboxylic acids is 1. The zero-order valence-corrected chi connectivity index (χ0v) is 13.1. The fourth-order valence-corrected chi connectivity index (χ4v) is 2.83. The third-order valence-corrected chi connectivity index (χ3v) is 3.36. The molecule has 2 N–H and O–H groups in total. The van der Waals surface area contributed by atoms with Crippen molar-refractivity contribution in [3.8, 4) is 0 Å². The molecule has 0 aromatic carbocycles. The molecular weight excluding hydrogens is 244 g/mol. The number of carbonyl (C=O) groups is 1. The fraction of sp³-hybridized carbons (Fsp3) is 0.929. The summed E-state index contributed by atoms with van der Waals surface area (Å²) in [5.74, 6) is -0.362. The second kappa shape index (κ2) is 5.38. The first kappa shape index (κ1) is 16.4. The summed E-state index contributed by atoms with van der Waals surface area (Å²) in [6.45, 7) is 12.5. The first-order chi connectivity index (χ1) is 8.47. The lowest BCUT2D eigenvalue weighted by atomic mass is 9.95. The van der Waals surface area contributed by atoms with Gasteiger partial charge >= 0.3 is 5.97 Å². The van der Waals surface area contributed by atoms with Gasteiger partial charge in [-0.1, -0.05) is 0 Å². The van der Waals surface area contributed by atoms with Gasteiger partial charge in [0.2, 0.25) is 0 Å². The van der Waals surface area contributed by atoms with Crippen LogP contribution in [0.5, 0.6) is 0 Å². The van der Waals surface area contributed by atoms with Crippen LogP contribution in [0.2, 0.25) is 0 Å². The summed E-state index contributed by atoms with van der Waals surface area (Å²) in [4.78, 5) is 13.9. The average Bonchev–Trinajstić information content (AvgIpc) is 2.21. The van der Waals surface area contributed by atoms with E-state index in [1.165, 1.54) is 7.11 Å². The van der Waals surface area contributed by atoms with Crippen LogP contribution in [0.4, 0.5) is 0 Å². The molecule has 0 bridgehead atoms. The predicted molar refractivity (Wildman–Crippen MR) is 74.9 cm³/mol. The van der Waals surface area contributed by atoms with E-state index in [2.05, 4.69) is 32.6 Å². The summed E-state index contributed by atoms with van der Waals surface area (Å²) >= 11 is 0. The van der Waals surface area contributed by atoms with Crippen LogP contribution in [0.1, 0.15) is 41.0 Å². The van der Waals surface area contributed by atoms with E-state index in [0.717, 1.165) is 19.6 Å². The van der Waals surface area contributed by atoms with Crippen LogP contribution in [-0.4, -0.2) is 54.4 Å². The van der Waals surface area contributed by atoms with Crippen LogP contribution in [0.25, 0.3) is 0 Å². The Labute approximate surface area is 116 Å². The Balaban J connectivity index is 2.60. The first-order valence-corrected chi connectivity index (χ1v) is 6.77. The number of nitrogens with two attached hydrogens (primary N) is 1. The lowest BCUT2D eigenvalue weighted by Crippen LogP contribution is -2.58. The molecule has 0 aromatic rings. The van der Waals surface area contributed by atoms with Crippen LogP contribution < -0.4 is 5.73 Å². The van der Waals surface area contributed by atoms with Crippen LogP contribution in [0.3, 0.4) is 0 Å². The third kappa shape index (κ3) is 4.75. The van der Waals surface area contributed by atoms with Crippen molar-refractivity contribution in [1.29, 1.82) is 0 Å². The molecule has 1 rings (SSSR count). The van der Waals surface area contributed by atoms with Gasteiger partial charge in [0.15, 0.2) is 0 Å². The van der Waals surface area contributed by atoms with Gasteiger partial charge in [0.25, 0.3) is 0 Å². The Morgan fingerprint density at radius 1 is 1.32 bits per heavy atom. The average molecular weight is 272 g/mol. The molecule has 112 valence electrons. The molecule has 1 aliphatic heterocycles. The second-order valence-corrected chi connectivity index (χ2v) is 6.99. The Hall–Kier alpha value is -0.650. The van der Waals surface area contributed by atoms with Gasteiger partial charge in [-0.2, -0.15) is 0 Å². The number of hydrogen-bond acceptors (Lipinski definition) is 5. The summed E-state index contributed by atoms with van der Waals surface area (Å²) in [6, 6.07) is 0. The molecule has 5 nitrogen and oxygen atoms in total. The topological polar surface area (TPSA) is 64.8 Å². The maximum absolute atomic E-state index is 11.6. The molecule has 1 atom stereocenters. The van der Waals surface area contributed by atoms with Crippen molar-refractivity contribution in [2.24, 2.45) is 5.73 Å². The molecule has 1 heterocycles. The van der Waals surface area contributed by atoms with E-state index in [-0.39, 0.29) is 17.2 Å². The molecular formula is C14H28N2O3. The summed E-state index contributed by atoms with van der Waals surface area (Å²) in [5, 5.41) is 0. The van der Waals surface area contributed by atoms with E-state index < -0.39 is 5.54 Å². The second-order valence-electron chi connectivity index (χ2n) is 6.99. The number of hydrogen-bond donors (Lipinski definition) is 1. The van der Waals surface area contributed by atoms with E-state index in [0.29, 0.717) is 6.42 Å². The molecule has 0 spiro atoms. The summed E-state index contributed by atoms with van der Waals surface area (Å²) in [5.41, 5.74) is 4.70. The van der Waals surface area contributed by atoms with Crippen LogP contribution in [0.15, 0.2) is 0 Å². The molecule has 0 amide bonds. The lowest BCUT2D eigenvalue weighted by Gasteiger charge is -2.47. The minimum atomic E-state index is -0.929. The molecule has 19 heavy (non-hydrogen) atoms. The molecule has 1 saturated heterocycles. The maximum Gasteiger partial charge on any atom is 0.325 e. The molecule has 1 fully saturated rings. The van der Waals surface area contributed by atoms with Crippen molar-refractivity contribution in [2.75, 3.05) is 26.7 Å². The van der Waals surface area contributed by atoms with Crippen molar-refractivity contribution in [3.63, 3.8) is 0 Å². The molecule has 1 aliphatic rings. The Morgan fingerprint density at radius 3 is 2.21 bits per heavy atom. The minimum absolute atomic E-state index is 0.183.